The number of aromatic nitrogens is 2. The second-order valence-electron chi connectivity index (χ2n) is 6.20. The van der Waals surface area contributed by atoms with Gasteiger partial charge in [0.1, 0.15) is 0 Å². The van der Waals surface area contributed by atoms with Crippen molar-refractivity contribution in [2.24, 2.45) is 11.8 Å². The van der Waals surface area contributed by atoms with Crippen LogP contribution >= 0.6 is 12.4 Å². The minimum Gasteiger partial charge on any atom is -0.336 e. The van der Waals surface area contributed by atoms with Gasteiger partial charge >= 0.3 is 0 Å². The van der Waals surface area contributed by atoms with Gasteiger partial charge in [-0.25, -0.2) is 18.1 Å². The van der Waals surface area contributed by atoms with E-state index in [9.17, 15) is 8.42 Å². The fraction of sp³-hybridized carbons (Fsp3) is 0.786. The zero-order valence-corrected chi connectivity index (χ0v) is 14.9. The van der Waals surface area contributed by atoms with Crippen LogP contribution in [0, 0.1) is 11.8 Å². The normalized spacial score (nSPS) is 19.1. The summed E-state index contributed by atoms with van der Waals surface area (Å²) in [7, 11) is -3.48. The first-order valence-electron chi connectivity index (χ1n) is 7.69. The van der Waals surface area contributed by atoms with Crippen molar-refractivity contribution in [2.75, 3.05) is 19.6 Å². The molecule has 2 N–H and O–H groups in total. The highest BCUT2D eigenvalue weighted by Crippen LogP contribution is 2.14. The number of imidazole rings is 1. The molecular weight excluding hydrogens is 324 g/mol. The maximum Gasteiger partial charge on any atom is 0.259 e. The molecule has 1 aliphatic heterocycles. The highest BCUT2D eigenvalue weighted by atomic mass is 35.5. The van der Waals surface area contributed by atoms with Crippen LogP contribution in [0.4, 0.5) is 0 Å². The molecule has 0 radical (unpaired) electrons. The van der Waals surface area contributed by atoms with Gasteiger partial charge in [0.15, 0.2) is 5.03 Å². The SMILES string of the molecule is CC(C)Cn1cnc(S(=O)(=O)NCCC2CCCNC2)c1.Cl. The quantitative estimate of drug-likeness (QED) is 0.783. The van der Waals surface area contributed by atoms with Gasteiger partial charge in [-0.05, 0) is 44.2 Å². The van der Waals surface area contributed by atoms with E-state index in [0.717, 1.165) is 26.1 Å². The first-order chi connectivity index (χ1) is 9.97. The Kier molecular flexibility index (Phi) is 7.82. The third-order valence-electron chi connectivity index (χ3n) is 3.70. The van der Waals surface area contributed by atoms with Gasteiger partial charge < -0.3 is 9.88 Å². The maximum absolute atomic E-state index is 12.2. The van der Waals surface area contributed by atoms with Crippen LogP contribution in [0.3, 0.4) is 0 Å². The molecule has 1 atom stereocenters. The molecule has 1 fully saturated rings. The zero-order chi connectivity index (χ0) is 15.3. The molecule has 0 amide bonds. The summed E-state index contributed by atoms with van der Waals surface area (Å²) in [6.45, 7) is 7.50. The lowest BCUT2D eigenvalue weighted by Crippen LogP contribution is -2.33. The zero-order valence-electron chi connectivity index (χ0n) is 13.3. The van der Waals surface area contributed by atoms with Crippen LogP contribution in [0.25, 0.3) is 0 Å². The number of rotatable bonds is 7. The van der Waals surface area contributed by atoms with Crippen molar-refractivity contribution in [3.63, 3.8) is 0 Å². The Labute approximate surface area is 139 Å². The van der Waals surface area contributed by atoms with Crippen molar-refractivity contribution in [3.8, 4) is 0 Å². The first kappa shape index (κ1) is 19.4. The van der Waals surface area contributed by atoms with Gasteiger partial charge in [0.05, 0.1) is 6.33 Å². The number of piperidine rings is 1. The summed E-state index contributed by atoms with van der Waals surface area (Å²) in [5.41, 5.74) is 0. The van der Waals surface area contributed by atoms with Crippen molar-refractivity contribution in [1.29, 1.82) is 0 Å². The van der Waals surface area contributed by atoms with Crippen LogP contribution in [0.15, 0.2) is 17.6 Å². The van der Waals surface area contributed by atoms with Gasteiger partial charge in [-0.3, -0.25) is 0 Å². The lowest BCUT2D eigenvalue weighted by molar-refractivity contribution is 0.358. The topological polar surface area (TPSA) is 76.0 Å². The van der Waals surface area contributed by atoms with Crippen LogP contribution < -0.4 is 10.0 Å². The summed E-state index contributed by atoms with van der Waals surface area (Å²) in [6.07, 6.45) is 6.41. The van der Waals surface area contributed by atoms with Crippen molar-refractivity contribution < 1.29 is 8.42 Å². The monoisotopic (exact) mass is 350 g/mol. The second-order valence-corrected chi connectivity index (χ2v) is 7.92. The van der Waals surface area contributed by atoms with Crippen molar-refractivity contribution >= 4 is 22.4 Å². The Morgan fingerprint density at radius 1 is 1.50 bits per heavy atom. The van der Waals surface area contributed by atoms with Crippen molar-refractivity contribution in [3.05, 3.63) is 12.5 Å². The first-order valence-corrected chi connectivity index (χ1v) is 9.18. The Bertz CT molecular complexity index is 539. The Morgan fingerprint density at radius 3 is 2.91 bits per heavy atom. The summed E-state index contributed by atoms with van der Waals surface area (Å²) in [5.74, 6) is 1.03. The van der Waals surface area contributed by atoms with Crippen LogP contribution in [0.2, 0.25) is 0 Å². The van der Waals surface area contributed by atoms with Crippen molar-refractivity contribution in [1.82, 2.24) is 19.6 Å². The number of hydrogen-bond donors (Lipinski definition) is 2. The second kappa shape index (κ2) is 8.86. The predicted octanol–water partition coefficient (Wildman–Crippen LogP) is 1.63. The Hall–Kier alpha value is -0.630. The lowest BCUT2D eigenvalue weighted by atomic mass is 9.96. The van der Waals surface area contributed by atoms with E-state index in [-0.39, 0.29) is 17.4 Å². The van der Waals surface area contributed by atoms with Crippen LogP contribution in [-0.2, 0) is 16.6 Å². The average molecular weight is 351 g/mol. The summed E-state index contributed by atoms with van der Waals surface area (Å²) < 4.78 is 28.8. The number of nitrogens with zero attached hydrogens (tertiary/aromatic N) is 2. The molecule has 1 unspecified atom stereocenters. The molecule has 1 aliphatic rings. The molecule has 2 rings (SSSR count). The minimum absolute atomic E-state index is 0. The van der Waals surface area contributed by atoms with E-state index in [4.69, 9.17) is 0 Å². The molecule has 6 nitrogen and oxygen atoms in total. The van der Waals surface area contributed by atoms with Crippen LogP contribution in [0.5, 0.6) is 0 Å². The minimum atomic E-state index is -3.48. The van der Waals surface area contributed by atoms with Gasteiger partial charge in [0, 0.05) is 19.3 Å². The van der Waals surface area contributed by atoms with E-state index in [1.165, 1.54) is 12.8 Å². The molecule has 0 bridgehead atoms. The van der Waals surface area contributed by atoms with E-state index in [1.807, 2.05) is 4.57 Å². The lowest BCUT2D eigenvalue weighted by Gasteiger charge is -2.22. The predicted molar refractivity (Wildman–Crippen MR) is 89.7 cm³/mol. The van der Waals surface area contributed by atoms with Crippen LogP contribution in [-0.4, -0.2) is 37.6 Å². The number of halogens is 1. The summed E-state index contributed by atoms with van der Waals surface area (Å²) >= 11 is 0. The molecular formula is C14H27ClN4O2S. The molecule has 0 aromatic carbocycles. The highest BCUT2D eigenvalue weighted by molar-refractivity contribution is 7.89. The van der Waals surface area contributed by atoms with Gasteiger partial charge in [-0.15, -0.1) is 12.4 Å². The number of hydrogen-bond acceptors (Lipinski definition) is 4. The van der Waals surface area contributed by atoms with E-state index in [0.29, 0.717) is 18.4 Å². The summed E-state index contributed by atoms with van der Waals surface area (Å²) in [5, 5.41) is 3.46. The summed E-state index contributed by atoms with van der Waals surface area (Å²) in [6, 6.07) is 0. The third-order valence-corrected chi connectivity index (χ3v) is 5.05. The Morgan fingerprint density at radius 2 is 2.27 bits per heavy atom. The molecule has 0 spiro atoms. The molecule has 2 heterocycles. The molecule has 22 heavy (non-hydrogen) atoms. The molecule has 8 heteroatoms. The fourth-order valence-electron chi connectivity index (χ4n) is 2.64. The molecule has 0 saturated carbocycles. The molecule has 128 valence electrons. The maximum atomic E-state index is 12.2. The molecule has 1 aromatic rings. The van der Waals surface area contributed by atoms with E-state index >= 15 is 0 Å². The molecule has 1 aromatic heterocycles. The average Bonchev–Trinajstić information content (AvgIpc) is 2.88. The van der Waals surface area contributed by atoms with Crippen LogP contribution in [0.1, 0.15) is 33.1 Å². The fourth-order valence-corrected chi connectivity index (χ4v) is 3.64. The smallest absolute Gasteiger partial charge is 0.259 e. The van der Waals surface area contributed by atoms with Gasteiger partial charge in [-0.1, -0.05) is 13.8 Å². The number of nitrogens with one attached hydrogen (secondary N) is 2. The standard InChI is InChI=1S/C14H26N4O2S.ClH/c1-12(2)9-18-10-14(16-11-18)21(19,20)17-7-5-13-4-3-6-15-8-13;/h10-13,15,17H,3-9H2,1-2H3;1H. The van der Waals surface area contributed by atoms with E-state index < -0.39 is 10.0 Å². The van der Waals surface area contributed by atoms with E-state index in [1.54, 1.807) is 12.5 Å². The highest BCUT2D eigenvalue weighted by Gasteiger charge is 2.19. The van der Waals surface area contributed by atoms with Crippen molar-refractivity contribution in [2.45, 2.75) is 44.7 Å². The number of sulfonamides is 1. The molecule has 1 saturated heterocycles. The third kappa shape index (κ3) is 5.87. The largest absolute Gasteiger partial charge is 0.336 e. The van der Waals surface area contributed by atoms with Gasteiger partial charge in [0.25, 0.3) is 10.0 Å². The van der Waals surface area contributed by atoms with Gasteiger partial charge in [-0.2, -0.15) is 0 Å². The van der Waals surface area contributed by atoms with E-state index in [2.05, 4.69) is 28.9 Å². The Balaban J connectivity index is 0.00000242. The van der Waals surface area contributed by atoms with Gasteiger partial charge in [0.2, 0.25) is 0 Å². The summed E-state index contributed by atoms with van der Waals surface area (Å²) in [4.78, 5) is 4.01. The molecule has 0 aliphatic carbocycles.